The molecule has 8 heteroatoms. The van der Waals surface area contributed by atoms with Crippen LogP contribution in [0.15, 0.2) is 30.3 Å². The second-order valence-electron chi connectivity index (χ2n) is 5.27. The zero-order valence-corrected chi connectivity index (χ0v) is 15.7. The van der Waals surface area contributed by atoms with E-state index in [2.05, 4.69) is 10.1 Å². The lowest BCUT2D eigenvalue weighted by atomic mass is 10.1. The SMILES string of the molecule is COC(=O)c1ccc(NC(=O)c2cc(OC)c(OC)c(OC)c2)c(OC)c1. The lowest BCUT2D eigenvalue weighted by Gasteiger charge is -2.15. The second kappa shape index (κ2) is 8.79. The molecule has 144 valence electrons. The van der Waals surface area contributed by atoms with Crippen LogP contribution in [0.4, 0.5) is 5.69 Å². The molecule has 2 aromatic carbocycles. The Morgan fingerprint density at radius 3 is 1.78 bits per heavy atom. The Kier molecular flexibility index (Phi) is 6.48. The van der Waals surface area contributed by atoms with Crippen molar-refractivity contribution in [1.29, 1.82) is 0 Å². The van der Waals surface area contributed by atoms with Crippen molar-refractivity contribution < 1.29 is 33.3 Å². The number of rotatable bonds is 7. The van der Waals surface area contributed by atoms with Gasteiger partial charge in [0, 0.05) is 5.56 Å². The zero-order valence-electron chi connectivity index (χ0n) is 15.7. The molecule has 0 aliphatic carbocycles. The predicted molar refractivity (Wildman–Crippen MR) is 98.4 cm³/mol. The summed E-state index contributed by atoms with van der Waals surface area (Å²) in [5, 5.41) is 2.73. The van der Waals surface area contributed by atoms with Gasteiger partial charge in [-0.3, -0.25) is 4.79 Å². The van der Waals surface area contributed by atoms with Gasteiger partial charge in [0.2, 0.25) is 5.75 Å². The minimum Gasteiger partial charge on any atom is -0.495 e. The van der Waals surface area contributed by atoms with Gasteiger partial charge in [-0.2, -0.15) is 0 Å². The van der Waals surface area contributed by atoms with Crippen molar-refractivity contribution in [2.75, 3.05) is 40.9 Å². The smallest absolute Gasteiger partial charge is 0.337 e. The van der Waals surface area contributed by atoms with Crippen LogP contribution < -0.4 is 24.3 Å². The van der Waals surface area contributed by atoms with Crippen LogP contribution in [-0.4, -0.2) is 47.4 Å². The lowest BCUT2D eigenvalue weighted by Crippen LogP contribution is -2.14. The second-order valence-corrected chi connectivity index (χ2v) is 5.27. The van der Waals surface area contributed by atoms with Crippen LogP contribution in [0.5, 0.6) is 23.0 Å². The van der Waals surface area contributed by atoms with Crippen LogP contribution in [0.3, 0.4) is 0 Å². The molecule has 27 heavy (non-hydrogen) atoms. The minimum atomic E-state index is -0.504. The van der Waals surface area contributed by atoms with Crippen LogP contribution in [0.1, 0.15) is 20.7 Å². The highest BCUT2D eigenvalue weighted by Crippen LogP contribution is 2.38. The molecule has 0 saturated heterocycles. The molecule has 8 nitrogen and oxygen atoms in total. The number of ether oxygens (including phenoxy) is 5. The van der Waals surface area contributed by atoms with E-state index in [0.717, 1.165) is 0 Å². The van der Waals surface area contributed by atoms with E-state index in [1.807, 2.05) is 0 Å². The average Bonchev–Trinajstić information content (AvgIpc) is 2.71. The molecule has 0 aliphatic rings. The molecule has 2 aromatic rings. The molecule has 0 unspecified atom stereocenters. The van der Waals surface area contributed by atoms with Crippen molar-refractivity contribution in [2.24, 2.45) is 0 Å². The largest absolute Gasteiger partial charge is 0.495 e. The van der Waals surface area contributed by atoms with E-state index in [4.69, 9.17) is 18.9 Å². The number of carbonyl (C=O) groups excluding carboxylic acids is 2. The average molecular weight is 375 g/mol. The molecule has 0 spiro atoms. The Hall–Kier alpha value is -3.42. The summed E-state index contributed by atoms with van der Waals surface area (Å²) in [5.41, 5.74) is 0.993. The van der Waals surface area contributed by atoms with Gasteiger partial charge in [0.05, 0.1) is 46.8 Å². The maximum Gasteiger partial charge on any atom is 0.337 e. The van der Waals surface area contributed by atoms with Crippen molar-refractivity contribution in [1.82, 2.24) is 0 Å². The molecule has 0 fully saturated rings. The Morgan fingerprint density at radius 1 is 0.741 bits per heavy atom. The van der Waals surface area contributed by atoms with E-state index in [1.54, 1.807) is 6.07 Å². The summed E-state index contributed by atoms with van der Waals surface area (Å²) >= 11 is 0. The van der Waals surface area contributed by atoms with E-state index in [9.17, 15) is 9.59 Å². The molecule has 1 N–H and O–H groups in total. The van der Waals surface area contributed by atoms with Gasteiger partial charge < -0.3 is 29.0 Å². The molecule has 2 rings (SSSR count). The van der Waals surface area contributed by atoms with Crippen LogP contribution in [0.2, 0.25) is 0 Å². The molecule has 0 saturated carbocycles. The first kappa shape index (κ1) is 19.9. The van der Waals surface area contributed by atoms with Gasteiger partial charge in [0.1, 0.15) is 5.75 Å². The number of anilines is 1. The van der Waals surface area contributed by atoms with Crippen LogP contribution >= 0.6 is 0 Å². The molecular weight excluding hydrogens is 354 g/mol. The first-order valence-corrected chi connectivity index (χ1v) is 7.86. The van der Waals surface area contributed by atoms with Crippen molar-refractivity contribution >= 4 is 17.6 Å². The minimum absolute atomic E-state index is 0.295. The number of esters is 1. The Labute approximate surface area is 156 Å². The van der Waals surface area contributed by atoms with Gasteiger partial charge in [-0.15, -0.1) is 0 Å². The van der Waals surface area contributed by atoms with Gasteiger partial charge in [-0.1, -0.05) is 0 Å². The van der Waals surface area contributed by atoms with Gasteiger partial charge in [0.15, 0.2) is 11.5 Å². The third-order valence-corrected chi connectivity index (χ3v) is 3.80. The molecule has 0 atom stereocenters. The summed E-state index contributed by atoms with van der Waals surface area (Å²) in [6.07, 6.45) is 0. The fourth-order valence-corrected chi connectivity index (χ4v) is 2.45. The van der Waals surface area contributed by atoms with Crippen molar-refractivity contribution in [3.05, 3.63) is 41.5 Å². The zero-order chi connectivity index (χ0) is 20.0. The fraction of sp³-hybridized carbons (Fsp3) is 0.263. The van der Waals surface area contributed by atoms with Crippen LogP contribution in [-0.2, 0) is 4.74 Å². The van der Waals surface area contributed by atoms with Gasteiger partial charge in [-0.05, 0) is 30.3 Å². The van der Waals surface area contributed by atoms with Crippen molar-refractivity contribution in [3.8, 4) is 23.0 Å². The third kappa shape index (κ3) is 4.22. The lowest BCUT2D eigenvalue weighted by molar-refractivity contribution is 0.0600. The number of amides is 1. The van der Waals surface area contributed by atoms with Gasteiger partial charge in [0.25, 0.3) is 5.91 Å². The fourth-order valence-electron chi connectivity index (χ4n) is 2.45. The normalized spacial score (nSPS) is 9.96. The van der Waals surface area contributed by atoms with Crippen LogP contribution in [0.25, 0.3) is 0 Å². The monoisotopic (exact) mass is 375 g/mol. The van der Waals surface area contributed by atoms with Gasteiger partial charge >= 0.3 is 5.97 Å². The summed E-state index contributed by atoms with van der Waals surface area (Å²) in [6, 6.07) is 7.63. The molecule has 0 aliphatic heterocycles. The molecule has 0 radical (unpaired) electrons. The number of hydrogen-bond acceptors (Lipinski definition) is 7. The Bertz CT molecular complexity index is 823. The Balaban J connectivity index is 2.36. The van der Waals surface area contributed by atoms with Crippen LogP contribution in [0, 0.1) is 0 Å². The molecule has 0 aromatic heterocycles. The highest BCUT2D eigenvalue weighted by Gasteiger charge is 2.18. The first-order valence-electron chi connectivity index (χ1n) is 7.86. The highest BCUT2D eigenvalue weighted by atomic mass is 16.5. The topological polar surface area (TPSA) is 92.3 Å². The summed E-state index contributed by atoms with van der Waals surface area (Å²) in [7, 11) is 7.13. The molecular formula is C19H21NO7. The van der Waals surface area contributed by atoms with E-state index >= 15 is 0 Å². The summed E-state index contributed by atoms with van der Waals surface area (Å²) < 4.78 is 25.7. The Morgan fingerprint density at radius 2 is 1.30 bits per heavy atom. The van der Waals surface area contributed by atoms with Crippen molar-refractivity contribution in [3.63, 3.8) is 0 Å². The number of nitrogens with one attached hydrogen (secondary N) is 1. The number of hydrogen-bond donors (Lipinski definition) is 1. The predicted octanol–water partition coefficient (Wildman–Crippen LogP) is 2.76. The molecule has 0 heterocycles. The van der Waals surface area contributed by atoms with E-state index in [-0.39, 0.29) is 0 Å². The quantitative estimate of drug-likeness (QED) is 0.744. The van der Waals surface area contributed by atoms with E-state index in [0.29, 0.717) is 39.8 Å². The first-order chi connectivity index (χ1) is 13.0. The molecule has 1 amide bonds. The number of methoxy groups -OCH3 is 5. The van der Waals surface area contributed by atoms with Crippen molar-refractivity contribution in [2.45, 2.75) is 0 Å². The van der Waals surface area contributed by atoms with E-state index < -0.39 is 11.9 Å². The molecule has 0 bridgehead atoms. The van der Waals surface area contributed by atoms with Gasteiger partial charge in [-0.25, -0.2) is 4.79 Å². The maximum absolute atomic E-state index is 12.7. The summed E-state index contributed by atoms with van der Waals surface area (Å²) in [5.74, 6) is 0.495. The standard InChI is InChI=1S/C19H21NO7/c1-23-14-8-11(19(22)27-5)6-7-13(14)20-18(21)12-9-15(24-2)17(26-4)16(10-12)25-3/h6-10H,1-5H3,(H,20,21). The number of benzene rings is 2. The highest BCUT2D eigenvalue weighted by molar-refractivity contribution is 6.06. The maximum atomic E-state index is 12.7. The third-order valence-electron chi connectivity index (χ3n) is 3.80. The summed E-state index contributed by atoms with van der Waals surface area (Å²) in [4.78, 5) is 24.3. The summed E-state index contributed by atoms with van der Waals surface area (Å²) in [6.45, 7) is 0. The van der Waals surface area contributed by atoms with E-state index in [1.165, 1.54) is 59.8 Å². The number of carbonyl (C=O) groups is 2.